The quantitative estimate of drug-likeness (QED) is 0.703. The molecule has 0 fully saturated rings. The van der Waals surface area contributed by atoms with Crippen molar-refractivity contribution < 1.29 is 14.3 Å². The maximum absolute atomic E-state index is 13.2. The van der Waals surface area contributed by atoms with Crippen LogP contribution in [0, 0.1) is 12.8 Å². The molecule has 0 aliphatic heterocycles. The van der Waals surface area contributed by atoms with Crippen molar-refractivity contribution in [3.63, 3.8) is 0 Å². The number of hydrogen-bond acceptors (Lipinski definition) is 3. The number of carbonyl (C=O) groups excluding carboxylic acids is 2. The minimum atomic E-state index is -0.572. The average molecular weight is 397 g/mol. The van der Waals surface area contributed by atoms with E-state index in [-0.39, 0.29) is 18.2 Å². The molecule has 2 amide bonds. The Labute approximate surface area is 174 Å². The second kappa shape index (κ2) is 10.6. The van der Waals surface area contributed by atoms with Gasteiger partial charge in [-0.05, 0) is 43.0 Å². The van der Waals surface area contributed by atoms with E-state index in [2.05, 4.69) is 5.32 Å². The zero-order chi connectivity index (χ0) is 21.4. The van der Waals surface area contributed by atoms with Gasteiger partial charge >= 0.3 is 0 Å². The predicted octanol–water partition coefficient (Wildman–Crippen LogP) is 3.74. The van der Waals surface area contributed by atoms with Crippen LogP contribution in [0.5, 0.6) is 5.75 Å². The van der Waals surface area contributed by atoms with Crippen molar-refractivity contribution in [2.45, 2.75) is 46.7 Å². The van der Waals surface area contributed by atoms with Crippen LogP contribution < -0.4 is 10.1 Å². The van der Waals surface area contributed by atoms with Crippen LogP contribution in [-0.2, 0) is 22.6 Å². The molecule has 0 saturated carbocycles. The first kappa shape index (κ1) is 22.5. The molecule has 0 spiro atoms. The standard InChI is InChI=1S/C24H32N2O3/c1-17(2)15-25-24(28)19(4)26(16-21-10-7-11-22(13-21)29-5)23(27)14-20-9-6-8-18(3)12-20/h6-13,17,19H,14-16H2,1-5H3,(H,25,28)/t19-/m0/s1. The van der Waals surface area contributed by atoms with E-state index in [1.165, 1.54) is 0 Å². The second-order valence-corrected chi connectivity index (χ2v) is 7.85. The Morgan fingerprint density at radius 2 is 1.72 bits per heavy atom. The third-order valence-electron chi connectivity index (χ3n) is 4.78. The fourth-order valence-electron chi connectivity index (χ4n) is 3.10. The first-order chi connectivity index (χ1) is 13.8. The molecule has 1 atom stereocenters. The van der Waals surface area contributed by atoms with Gasteiger partial charge in [0.25, 0.3) is 0 Å². The highest BCUT2D eigenvalue weighted by atomic mass is 16.5. The fourth-order valence-corrected chi connectivity index (χ4v) is 3.10. The number of ether oxygens (including phenoxy) is 1. The number of carbonyl (C=O) groups is 2. The molecule has 0 aromatic heterocycles. The van der Waals surface area contributed by atoms with Gasteiger partial charge in [0.15, 0.2) is 0 Å². The van der Waals surface area contributed by atoms with Gasteiger partial charge in [0, 0.05) is 13.1 Å². The Kier molecular flexibility index (Phi) is 8.25. The van der Waals surface area contributed by atoms with E-state index in [0.717, 1.165) is 22.4 Å². The number of rotatable bonds is 9. The van der Waals surface area contributed by atoms with E-state index in [1.807, 2.05) is 69.3 Å². The van der Waals surface area contributed by atoms with Crippen molar-refractivity contribution >= 4 is 11.8 Å². The van der Waals surface area contributed by atoms with Crippen LogP contribution in [-0.4, -0.2) is 36.4 Å². The third-order valence-corrected chi connectivity index (χ3v) is 4.78. The van der Waals surface area contributed by atoms with Gasteiger partial charge in [-0.15, -0.1) is 0 Å². The van der Waals surface area contributed by atoms with Crippen LogP contribution in [0.25, 0.3) is 0 Å². The molecular weight excluding hydrogens is 364 g/mol. The van der Waals surface area contributed by atoms with Gasteiger partial charge in [-0.1, -0.05) is 55.8 Å². The van der Waals surface area contributed by atoms with Crippen molar-refractivity contribution in [2.24, 2.45) is 5.92 Å². The van der Waals surface area contributed by atoms with Crippen molar-refractivity contribution in [3.05, 3.63) is 65.2 Å². The molecule has 0 bridgehead atoms. The number of hydrogen-bond donors (Lipinski definition) is 1. The molecule has 5 nitrogen and oxygen atoms in total. The van der Waals surface area contributed by atoms with Crippen LogP contribution in [0.15, 0.2) is 48.5 Å². The number of nitrogens with one attached hydrogen (secondary N) is 1. The Hall–Kier alpha value is -2.82. The van der Waals surface area contributed by atoms with Gasteiger partial charge in [0.2, 0.25) is 11.8 Å². The van der Waals surface area contributed by atoms with Crippen LogP contribution >= 0.6 is 0 Å². The third kappa shape index (κ3) is 6.93. The van der Waals surface area contributed by atoms with Crippen molar-refractivity contribution in [1.82, 2.24) is 10.2 Å². The lowest BCUT2D eigenvalue weighted by Crippen LogP contribution is -2.48. The van der Waals surface area contributed by atoms with Gasteiger partial charge in [-0.2, -0.15) is 0 Å². The number of benzene rings is 2. The zero-order valence-electron chi connectivity index (χ0n) is 18.1. The number of nitrogens with zero attached hydrogens (tertiary/aromatic N) is 1. The Balaban J connectivity index is 2.23. The molecule has 29 heavy (non-hydrogen) atoms. The normalized spacial score (nSPS) is 11.8. The summed E-state index contributed by atoms with van der Waals surface area (Å²) in [5.41, 5.74) is 2.98. The summed E-state index contributed by atoms with van der Waals surface area (Å²) in [4.78, 5) is 27.5. The maximum Gasteiger partial charge on any atom is 0.242 e. The summed E-state index contributed by atoms with van der Waals surface area (Å²) in [7, 11) is 1.61. The van der Waals surface area contributed by atoms with E-state index in [4.69, 9.17) is 4.74 Å². The van der Waals surface area contributed by atoms with Gasteiger partial charge in [-0.25, -0.2) is 0 Å². The van der Waals surface area contributed by atoms with Crippen LogP contribution in [0.2, 0.25) is 0 Å². The molecule has 0 aliphatic carbocycles. The first-order valence-electron chi connectivity index (χ1n) is 10.1. The number of methoxy groups -OCH3 is 1. The Morgan fingerprint density at radius 3 is 2.38 bits per heavy atom. The van der Waals surface area contributed by atoms with Gasteiger partial charge in [-0.3, -0.25) is 9.59 Å². The van der Waals surface area contributed by atoms with Gasteiger partial charge in [0.1, 0.15) is 11.8 Å². The summed E-state index contributed by atoms with van der Waals surface area (Å²) in [6, 6.07) is 14.9. The highest BCUT2D eigenvalue weighted by Gasteiger charge is 2.26. The topological polar surface area (TPSA) is 58.6 Å². The number of amides is 2. The largest absolute Gasteiger partial charge is 0.497 e. The summed E-state index contributed by atoms with van der Waals surface area (Å²) in [5, 5.41) is 2.94. The molecule has 156 valence electrons. The second-order valence-electron chi connectivity index (χ2n) is 7.85. The predicted molar refractivity (Wildman–Crippen MR) is 116 cm³/mol. The molecule has 0 radical (unpaired) electrons. The molecule has 0 saturated heterocycles. The summed E-state index contributed by atoms with van der Waals surface area (Å²) >= 11 is 0. The lowest BCUT2D eigenvalue weighted by atomic mass is 10.1. The van der Waals surface area contributed by atoms with E-state index < -0.39 is 6.04 Å². The maximum atomic E-state index is 13.2. The fraction of sp³-hybridized carbons (Fsp3) is 0.417. The van der Waals surface area contributed by atoms with E-state index >= 15 is 0 Å². The van der Waals surface area contributed by atoms with Gasteiger partial charge < -0.3 is 15.0 Å². The smallest absolute Gasteiger partial charge is 0.242 e. The van der Waals surface area contributed by atoms with Crippen molar-refractivity contribution in [1.29, 1.82) is 0 Å². The highest BCUT2D eigenvalue weighted by molar-refractivity contribution is 5.88. The minimum Gasteiger partial charge on any atom is -0.497 e. The molecule has 0 heterocycles. The molecular formula is C24H32N2O3. The van der Waals surface area contributed by atoms with Crippen molar-refractivity contribution in [3.8, 4) is 5.75 Å². The average Bonchev–Trinajstić information content (AvgIpc) is 2.69. The molecule has 2 aromatic carbocycles. The van der Waals surface area contributed by atoms with Crippen LogP contribution in [0.1, 0.15) is 37.5 Å². The molecule has 5 heteroatoms. The number of aryl methyl sites for hydroxylation is 1. The lowest BCUT2D eigenvalue weighted by Gasteiger charge is -2.29. The summed E-state index contributed by atoms with van der Waals surface area (Å²) in [6.07, 6.45) is 0.257. The SMILES string of the molecule is COc1cccc(CN(C(=O)Cc2cccc(C)c2)[C@@H](C)C(=O)NCC(C)C)c1. The lowest BCUT2D eigenvalue weighted by molar-refractivity contribution is -0.140. The molecule has 0 unspecified atom stereocenters. The van der Waals surface area contributed by atoms with Crippen LogP contribution in [0.3, 0.4) is 0 Å². The summed E-state index contributed by atoms with van der Waals surface area (Å²) in [6.45, 7) is 8.80. The minimum absolute atomic E-state index is 0.0781. The van der Waals surface area contributed by atoms with E-state index in [0.29, 0.717) is 19.0 Å². The van der Waals surface area contributed by atoms with Crippen molar-refractivity contribution in [2.75, 3.05) is 13.7 Å². The Morgan fingerprint density at radius 1 is 1.03 bits per heavy atom. The van der Waals surface area contributed by atoms with E-state index in [9.17, 15) is 9.59 Å². The summed E-state index contributed by atoms with van der Waals surface area (Å²) < 4.78 is 5.30. The van der Waals surface area contributed by atoms with E-state index in [1.54, 1.807) is 18.9 Å². The van der Waals surface area contributed by atoms with Crippen LogP contribution in [0.4, 0.5) is 0 Å². The Bertz CT molecular complexity index is 832. The molecule has 2 aromatic rings. The monoisotopic (exact) mass is 396 g/mol. The molecule has 0 aliphatic rings. The highest BCUT2D eigenvalue weighted by Crippen LogP contribution is 2.17. The molecule has 2 rings (SSSR count). The van der Waals surface area contributed by atoms with Gasteiger partial charge in [0.05, 0.1) is 13.5 Å². The first-order valence-corrected chi connectivity index (χ1v) is 10.1. The molecule has 1 N–H and O–H groups in total. The zero-order valence-corrected chi connectivity index (χ0v) is 18.1. The summed E-state index contributed by atoms with van der Waals surface area (Å²) in [5.74, 6) is 0.858.